The van der Waals surface area contributed by atoms with Gasteiger partial charge in [0.2, 0.25) is 0 Å². The minimum atomic E-state index is -1.08. The normalized spacial score (nSPS) is 10.5. The molecule has 1 aromatic carbocycles. The molecule has 0 amide bonds. The number of hydrogen-bond donors (Lipinski definition) is 1. The second-order valence-electron chi connectivity index (χ2n) is 3.61. The highest BCUT2D eigenvalue weighted by molar-refractivity contribution is 5.85. The number of rotatable bonds is 3. The topological polar surface area (TPSA) is 59.4 Å². The van der Waals surface area contributed by atoms with Gasteiger partial charge in [0.15, 0.2) is 6.61 Å². The summed E-state index contributed by atoms with van der Waals surface area (Å²) in [6.45, 7) is 1.18. The summed E-state index contributed by atoms with van der Waals surface area (Å²) >= 11 is 0. The molecule has 0 spiro atoms. The van der Waals surface area contributed by atoms with Crippen LogP contribution in [0.15, 0.2) is 24.4 Å². The molecular formula is C12H10FNO3. The molecule has 1 heterocycles. The third-order valence-electron chi connectivity index (χ3n) is 2.33. The molecule has 88 valence electrons. The molecule has 0 aliphatic carbocycles. The van der Waals surface area contributed by atoms with Gasteiger partial charge >= 0.3 is 5.97 Å². The first-order valence-electron chi connectivity index (χ1n) is 4.97. The highest BCUT2D eigenvalue weighted by atomic mass is 19.1. The Morgan fingerprint density at radius 2 is 2.29 bits per heavy atom. The quantitative estimate of drug-likeness (QED) is 0.885. The van der Waals surface area contributed by atoms with Crippen LogP contribution in [0.1, 0.15) is 5.56 Å². The number of aromatic nitrogens is 1. The van der Waals surface area contributed by atoms with E-state index < -0.39 is 12.6 Å². The molecule has 4 nitrogen and oxygen atoms in total. The Morgan fingerprint density at radius 3 is 3.00 bits per heavy atom. The van der Waals surface area contributed by atoms with Gasteiger partial charge in [-0.25, -0.2) is 9.18 Å². The summed E-state index contributed by atoms with van der Waals surface area (Å²) in [5.74, 6) is -1.13. The van der Waals surface area contributed by atoms with E-state index in [1.54, 1.807) is 13.0 Å². The number of carboxylic acid groups (broad SMARTS) is 1. The molecule has 0 aliphatic rings. The van der Waals surface area contributed by atoms with E-state index in [1.165, 1.54) is 18.3 Å². The van der Waals surface area contributed by atoms with Crippen LogP contribution < -0.4 is 4.74 Å². The van der Waals surface area contributed by atoms with Gasteiger partial charge in [-0.05, 0) is 30.7 Å². The molecule has 2 rings (SSSR count). The molecule has 0 radical (unpaired) electrons. The lowest BCUT2D eigenvalue weighted by atomic mass is 10.1. The molecule has 0 fully saturated rings. The molecule has 0 saturated carbocycles. The minimum Gasteiger partial charge on any atom is -0.481 e. The smallest absolute Gasteiger partial charge is 0.341 e. The van der Waals surface area contributed by atoms with Crippen LogP contribution >= 0.6 is 0 Å². The fourth-order valence-corrected chi connectivity index (χ4v) is 1.51. The first kappa shape index (κ1) is 11.3. The lowest BCUT2D eigenvalue weighted by Crippen LogP contribution is -2.09. The SMILES string of the molecule is Cc1cc2nccc(OCC(=O)O)c2cc1F. The molecule has 0 aliphatic heterocycles. The van der Waals surface area contributed by atoms with Gasteiger partial charge in [-0.1, -0.05) is 0 Å². The number of aryl methyl sites for hydroxylation is 1. The van der Waals surface area contributed by atoms with E-state index in [2.05, 4.69) is 4.98 Å². The highest BCUT2D eigenvalue weighted by Crippen LogP contribution is 2.26. The van der Waals surface area contributed by atoms with Crippen molar-refractivity contribution in [1.82, 2.24) is 4.98 Å². The zero-order valence-corrected chi connectivity index (χ0v) is 9.11. The van der Waals surface area contributed by atoms with Crippen LogP contribution in [0.2, 0.25) is 0 Å². The van der Waals surface area contributed by atoms with Gasteiger partial charge < -0.3 is 9.84 Å². The maximum absolute atomic E-state index is 13.4. The molecule has 5 heteroatoms. The van der Waals surface area contributed by atoms with E-state index in [9.17, 15) is 9.18 Å². The average Bonchev–Trinajstić information content (AvgIpc) is 2.28. The molecule has 2 aromatic rings. The Balaban J connectivity index is 2.49. The Morgan fingerprint density at radius 1 is 1.53 bits per heavy atom. The highest BCUT2D eigenvalue weighted by Gasteiger charge is 2.08. The van der Waals surface area contributed by atoms with Crippen molar-refractivity contribution in [2.45, 2.75) is 6.92 Å². The second kappa shape index (κ2) is 4.37. The predicted octanol–water partition coefficient (Wildman–Crippen LogP) is 2.15. The summed E-state index contributed by atoms with van der Waals surface area (Å²) in [7, 11) is 0. The zero-order valence-electron chi connectivity index (χ0n) is 9.11. The van der Waals surface area contributed by atoms with E-state index >= 15 is 0 Å². The zero-order chi connectivity index (χ0) is 12.4. The van der Waals surface area contributed by atoms with Crippen molar-refractivity contribution >= 4 is 16.9 Å². The summed E-state index contributed by atoms with van der Waals surface area (Å²) in [6.07, 6.45) is 1.50. The first-order valence-corrected chi connectivity index (χ1v) is 4.97. The Kier molecular flexibility index (Phi) is 2.91. The van der Waals surface area contributed by atoms with Crippen LogP contribution in [-0.2, 0) is 4.79 Å². The third kappa shape index (κ3) is 2.33. The lowest BCUT2D eigenvalue weighted by molar-refractivity contribution is -0.139. The molecule has 17 heavy (non-hydrogen) atoms. The van der Waals surface area contributed by atoms with Gasteiger partial charge in [-0.3, -0.25) is 4.98 Å². The molecule has 0 atom stereocenters. The number of aliphatic carboxylic acids is 1. The van der Waals surface area contributed by atoms with Crippen LogP contribution in [0, 0.1) is 12.7 Å². The number of carboxylic acids is 1. The van der Waals surface area contributed by atoms with E-state index in [4.69, 9.17) is 9.84 Å². The summed E-state index contributed by atoms with van der Waals surface area (Å²) in [4.78, 5) is 14.5. The van der Waals surface area contributed by atoms with E-state index in [1.807, 2.05) is 0 Å². The predicted molar refractivity (Wildman–Crippen MR) is 59.6 cm³/mol. The Hall–Kier alpha value is -2.17. The van der Waals surface area contributed by atoms with Crippen molar-refractivity contribution in [3.63, 3.8) is 0 Å². The van der Waals surface area contributed by atoms with Gasteiger partial charge in [0.05, 0.1) is 5.52 Å². The Bertz CT molecular complexity index is 583. The fraction of sp³-hybridized carbons (Fsp3) is 0.167. The summed E-state index contributed by atoms with van der Waals surface area (Å²) in [5, 5.41) is 9.00. The second-order valence-corrected chi connectivity index (χ2v) is 3.61. The van der Waals surface area contributed by atoms with Crippen LogP contribution in [-0.4, -0.2) is 22.7 Å². The summed E-state index contributed by atoms with van der Waals surface area (Å²) < 4.78 is 18.5. The van der Waals surface area contributed by atoms with Gasteiger partial charge in [0, 0.05) is 11.6 Å². The van der Waals surface area contributed by atoms with Crippen LogP contribution in [0.5, 0.6) is 5.75 Å². The standard InChI is InChI=1S/C12H10FNO3/c1-7-4-10-8(5-9(7)13)11(2-3-14-10)17-6-12(15)16/h2-5H,6H2,1H3,(H,15,16). The molecule has 0 saturated heterocycles. The summed E-state index contributed by atoms with van der Waals surface area (Å²) in [5.41, 5.74) is 1.06. The van der Waals surface area contributed by atoms with Crippen molar-refractivity contribution in [3.8, 4) is 5.75 Å². The average molecular weight is 235 g/mol. The molecular weight excluding hydrogens is 225 g/mol. The maximum Gasteiger partial charge on any atom is 0.341 e. The van der Waals surface area contributed by atoms with Crippen LogP contribution in [0.4, 0.5) is 4.39 Å². The number of pyridine rings is 1. The van der Waals surface area contributed by atoms with Gasteiger partial charge in [0.25, 0.3) is 0 Å². The van der Waals surface area contributed by atoms with Gasteiger partial charge in [-0.2, -0.15) is 0 Å². The van der Waals surface area contributed by atoms with E-state index in [-0.39, 0.29) is 5.82 Å². The van der Waals surface area contributed by atoms with Gasteiger partial charge in [-0.15, -0.1) is 0 Å². The first-order chi connectivity index (χ1) is 8.08. The third-order valence-corrected chi connectivity index (χ3v) is 2.33. The van der Waals surface area contributed by atoms with Crippen LogP contribution in [0.25, 0.3) is 10.9 Å². The van der Waals surface area contributed by atoms with Crippen molar-refractivity contribution < 1.29 is 19.0 Å². The number of hydrogen-bond acceptors (Lipinski definition) is 3. The maximum atomic E-state index is 13.4. The number of ether oxygens (including phenoxy) is 1. The van der Waals surface area contributed by atoms with Gasteiger partial charge in [0.1, 0.15) is 11.6 Å². The van der Waals surface area contributed by atoms with Crippen molar-refractivity contribution in [2.24, 2.45) is 0 Å². The number of halogens is 1. The number of benzene rings is 1. The Labute approximate surface area is 96.7 Å². The molecule has 1 aromatic heterocycles. The van der Waals surface area contributed by atoms with Crippen molar-refractivity contribution in [3.05, 3.63) is 35.8 Å². The van der Waals surface area contributed by atoms with Crippen molar-refractivity contribution in [2.75, 3.05) is 6.61 Å². The number of fused-ring (bicyclic) bond motifs is 1. The molecule has 0 unspecified atom stereocenters. The van der Waals surface area contributed by atoms with Crippen LogP contribution in [0.3, 0.4) is 0 Å². The van der Waals surface area contributed by atoms with E-state index in [0.29, 0.717) is 22.2 Å². The van der Waals surface area contributed by atoms with E-state index in [0.717, 1.165) is 0 Å². The lowest BCUT2D eigenvalue weighted by Gasteiger charge is -2.07. The van der Waals surface area contributed by atoms with Crippen molar-refractivity contribution in [1.29, 1.82) is 0 Å². The largest absolute Gasteiger partial charge is 0.481 e. The monoisotopic (exact) mass is 235 g/mol. The molecule has 1 N–H and O–H groups in total. The molecule has 0 bridgehead atoms. The number of carbonyl (C=O) groups is 1. The number of nitrogens with zero attached hydrogens (tertiary/aromatic N) is 1. The fourth-order valence-electron chi connectivity index (χ4n) is 1.51. The minimum absolute atomic E-state index is 0.316. The summed E-state index contributed by atoms with van der Waals surface area (Å²) in [6, 6.07) is 4.41.